The number of rotatable bonds is 3. The lowest BCUT2D eigenvalue weighted by atomic mass is 9.77. The molecule has 4 heteroatoms. The van der Waals surface area contributed by atoms with Gasteiger partial charge in [-0.05, 0) is 36.5 Å². The molecule has 0 aromatic carbocycles. The van der Waals surface area contributed by atoms with Gasteiger partial charge >= 0.3 is 0 Å². The summed E-state index contributed by atoms with van der Waals surface area (Å²) in [5.74, 6) is 1.14. The molecule has 0 spiro atoms. The van der Waals surface area contributed by atoms with Crippen molar-refractivity contribution in [3.8, 4) is 0 Å². The fourth-order valence-electron chi connectivity index (χ4n) is 2.89. The Hall–Kier alpha value is -0.280. The predicted molar refractivity (Wildman–Crippen MR) is 88.1 cm³/mol. The molecule has 1 amide bonds. The Kier molecular flexibility index (Phi) is 8.12. The third-order valence-corrected chi connectivity index (χ3v) is 4.81. The highest BCUT2D eigenvalue weighted by Crippen LogP contribution is 2.34. The highest BCUT2D eigenvalue weighted by atomic mass is 35.5. The number of nitrogens with zero attached hydrogens (tertiary/aromatic N) is 1. The molecule has 0 aliphatic carbocycles. The van der Waals surface area contributed by atoms with Crippen molar-refractivity contribution in [2.45, 2.75) is 66.3 Å². The first-order chi connectivity index (χ1) is 8.77. The van der Waals surface area contributed by atoms with Crippen LogP contribution in [0.25, 0.3) is 0 Å². The van der Waals surface area contributed by atoms with E-state index in [0.717, 1.165) is 32.4 Å². The van der Waals surface area contributed by atoms with Gasteiger partial charge in [0.2, 0.25) is 5.91 Å². The lowest BCUT2D eigenvalue weighted by Crippen LogP contribution is -2.47. The van der Waals surface area contributed by atoms with E-state index in [1.807, 2.05) is 4.90 Å². The van der Waals surface area contributed by atoms with E-state index in [2.05, 4.69) is 34.6 Å². The Morgan fingerprint density at radius 2 is 1.90 bits per heavy atom. The zero-order chi connectivity index (χ0) is 14.6. The van der Waals surface area contributed by atoms with Gasteiger partial charge in [-0.3, -0.25) is 4.79 Å². The Morgan fingerprint density at radius 1 is 1.30 bits per heavy atom. The summed E-state index contributed by atoms with van der Waals surface area (Å²) in [6.45, 7) is 12.8. The lowest BCUT2D eigenvalue weighted by molar-refractivity contribution is -0.133. The number of carbonyl (C=O) groups is 1. The second-order valence-electron chi connectivity index (χ2n) is 7.23. The second-order valence-corrected chi connectivity index (χ2v) is 7.23. The van der Waals surface area contributed by atoms with Crippen molar-refractivity contribution in [3.63, 3.8) is 0 Å². The van der Waals surface area contributed by atoms with Crippen LogP contribution in [0.5, 0.6) is 0 Å². The maximum absolute atomic E-state index is 12.4. The summed E-state index contributed by atoms with van der Waals surface area (Å²) in [5, 5.41) is 0. The van der Waals surface area contributed by atoms with Crippen molar-refractivity contribution < 1.29 is 4.79 Å². The van der Waals surface area contributed by atoms with Crippen LogP contribution in [0.2, 0.25) is 0 Å². The fraction of sp³-hybridized carbons (Fsp3) is 0.938. The van der Waals surface area contributed by atoms with Gasteiger partial charge in [0.1, 0.15) is 0 Å². The SMILES string of the molecule is CCC(C)C(N)C(=O)N1CCCC(C(C)(C)C)CC1.Cl. The molecule has 1 rings (SSSR count). The largest absolute Gasteiger partial charge is 0.341 e. The highest BCUT2D eigenvalue weighted by molar-refractivity contribution is 5.85. The van der Waals surface area contributed by atoms with E-state index in [1.54, 1.807) is 0 Å². The van der Waals surface area contributed by atoms with Crippen LogP contribution in [0.3, 0.4) is 0 Å². The molecule has 0 saturated carbocycles. The van der Waals surface area contributed by atoms with Crippen LogP contribution in [0.4, 0.5) is 0 Å². The summed E-state index contributed by atoms with van der Waals surface area (Å²) in [7, 11) is 0. The van der Waals surface area contributed by atoms with Crippen LogP contribution in [0.1, 0.15) is 60.3 Å². The predicted octanol–water partition coefficient (Wildman–Crippen LogP) is 3.46. The third-order valence-electron chi connectivity index (χ3n) is 4.81. The number of halogens is 1. The topological polar surface area (TPSA) is 46.3 Å². The first-order valence-corrected chi connectivity index (χ1v) is 7.81. The molecule has 1 saturated heterocycles. The Morgan fingerprint density at radius 3 is 2.40 bits per heavy atom. The van der Waals surface area contributed by atoms with Gasteiger partial charge in [-0.1, -0.05) is 41.0 Å². The molecular weight excluding hydrogens is 272 g/mol. The molecule has 3 unspecified atom stereocenters. The smallest absolute Gasteiger partial charge is 0.239 e. The van der Waals surface area contributed by atoms with Crippen LogP contribution in [0.15, 0.2) is 0 Å². The molecule has 20 heavy (non-hydrogen) atoms. The van der Waals surface area contributed by atoms with Gasteiger partial charge in [0, 0.05) is 13.1 Å². The third kappa shape index (κ3) is 5.25. The van der Waals surface area contributed by atoms with E-state index in [0.29, 0.717) is 11.3 Å². The summed E-state index contributed by atoms with van der Waals surface area (Å²) < 4.78 is 0. The number of carbonyl (C=O) groups excluding carboxylic acids is 1. The minimum atomic E-state index is -0.323. The molecule has 0 radical (unpaired) electrons. The average Bonchev–Trinajstić information content (AvgIpc) is 2.61. The normalized spacial score (nSPS) is 23.5. The molecule has 1 heterocycles. The van der Waals surface area contributed by atoms with Crippen molar-refractivity contribution >= 4 is 18.3 Å². The van der Waals surface area contributed by atoms with Gasteiger partial charge in [0.05, 0.1) is 6.04 Å². The molecule has 1 aliphatic heterocycles. The monoisotopic (exact) mass is 304 g/mol. The molecule has 3 atom stereocenters. The summed E-state index contributed by atoms with van der Waals surface area (Å²) in [4.78, 5) is 14.4. The molecule has 2 N–H and O–H groups in total. The van der Waals surface area contributed by atoms with Crippen LogP contribution in [-0.4, -0.2) is 29.9 Å². The van der Waals surface area contributed by atoms with Crippen LogP contribution < -0.4 is 5.73 Å². The highest BCUT2D eigenvalue weighted by Gasteiger charge is 2.30. The van der Waals surface area contributed by atoms with Gasteiger partial charge in [-0.25, -0.2) is 0 Å². The second kappa shape index (κ2) is 8.23. The summed E-state index contributed by atoms with van der Waals surface area (Å²) >= 11 is 0. The van der Waals surface area contributed by atoms with Crippen molar-refractivity contribution in [1.82, 2.24) is 4.90 Å². The Balaban J connectivity index is 0.00000361. The van der Waals surface area contributed by atoms with Crippen LogP contribution in [-0.2, 0) is 4.79 Å². The summed E-state index contributed by atoms with van der Waals surface area (Å²) in [6.07, 6.45) is 4.42. The van der Waals surface area contributed by atoms with E-state index in [9.17, 15) is 4.79 Å². The summed E-state index contributed by atoms with van der Waals surface area (Å²) in [5.41, 5.74) is 6.43. The molecule has 0 aromatic heterocycles. The summed E-state index contributed by atoms with van der Waals surface area (Å²) in [6, 6.07) is -0.323. The molecule has 1 fully saturated rings. The zero-order valence-electron chi connectivity index (χ0n) is 13.8. The number of amides is 1. The van der Waals surface area contributed by atoms with Gasteiger partial charge in [-0.2, -0.15) is 0 Å². The fourth-order valence-corrected chi connectivity index (χ4v) is 2.89. The van der Waals surface area contributed by atoms with Crippen molar-refractivity contribution in [1.29, 1.82) is 0 Å². The number of hydrogen-bond donors (Lipinski definition) is 1. The van der Waals surface area contributed by atoms with E-state index in [1.165, 1.54) is 6.42 Å². The molecule has 3 nitrogen and oxygen atoms in total. The van der Waals surface area contributed by atoms with E-state index < -0.39 is 0 Å². The molecule has 120 valence electrons. The van der Waals surface area contributed by atoms with Gasteiger partial charge < -0.3 is 10.6 Å². The standard InChI is InChI=1S/C16H32N2O.ClH/c1-6-12(2)14(17)15(19)18-10-7-8-13(9-11-18)16(3,4)5;/h12-14H,6-11,17H2,1-5H3;1H. The van der Waals surface area contributed by atoms with Gasteiger partial charge in [0.15, 0.2) is 0 Å². The van der Waals surface area contributed by atoms with E-state index in [4.69, 9.17) is 5.73 Å². The van der Waals surface area contributed by atoms with Crippen molar-refractivity contribution in [2.24, 2.45) is 23.0 Å². The number of likely N-dealkylation sites (tertiary alicyclic amines) is 1. The van der Waals surface area contributed by atoms with Crippen LogP contribution in [0, 0.1) is 17.3 Å². The molecule has 1 aliphatic rings. The molecule has 0 bridgehead atoms. The first-order valence-electron chi connectivity index (χ1n) is 7.81. The quantitative estimate of drug-likeness (QED) is 0.868. The molecular formula is C16H33ClN2O. The maximum atomic E-state index is 12.4. The van der Waals surface area contributed by atoms with E-state index in [-0.39, 0.29) is 30.3 Å². The number of nitrogens with two attached hydrogens (primary N) is 1. The minimum Gasteiger partial charge on any atom is -0.341 e. The van der Waals surface area contributed by atoms with Crippen LogP contribution >= 0.6 is 12.4 Å². The zero-order valence-corrected chi connectivity index (χ0v) is 14.6. The van der Waals surface area contributed by atoms with Crippen molar-refractivity contribution in [3.05, 3.63) is 0 Å². The lowest BCUT2D eigenvalue weighted by Gasteiger charge is -2.30. The van der Waals surface area contributed by atoms with Gasteiger partial charge in [-0.15, -0.1) is 12.4 Å². The maximum Gasteiger partial charge on any atom is 0.239 e. The molecule has 0 aromatic rings. The first kappa shape index (κ1) is 19.7. The van der Waals surface area contributed by atoms with Crippen molar-refractivity contribution in [2.75, 3.05) is 13.1 Å². The number of hydrogen-bond acceptors (Lipinski definition) is 2. The van der Waals surface area contributed by atoms with Gasteiger partial charge in [0.25, 0.3) is 0 Å². The average molecular weight is 305 g/mol. The van der Waals surface area contributed by atoms with E-state index >= 15 is 0 Å². The Labute approximate surface area is 131 Å². The minimum absolute atomic E-state index is 0. The Bertz CT molecular complexity index is 301.